The first-order valence-corrected chi connectivity index (χ1v) is 8.35. The Morgan fingerprint density at radius 2 is 2.00 bits per heavy atom. The van der Waals surface area contributed by atoms with E-state index in [0.717, 1.165) is 31.4 Å². The summed E-state index contributed by atoms with van der Waals surface area (Å²) in [5, 5.41) is 13.1. The molecule has 0 unspecified atom stereocenters. The Balaban J connectivity index is 1.76. The first-order chi connectivity index (χ1) is 12.0. The summed E-state index contributed by atoms with van der Waals surface area (Å²) in [4.78, 5) is 33.5. The Kier molecular flexibility index (Phi) is 6.85. The molecule has 0 spiro atoms. The molecule has 1 fully saturated rings. The summed E-state index contributed by atoms with van der Waals surface area (Å²) in [7, 11) is 0. The molecule has 0 heterocycles. The first kappa shape index (κ1) is 18.8. The van der Waals surface area contributed by atoms with Crippen LogP contribution < -0.4 is 5.32 Å². The summed E-state index contributed by atoms with van der Waals surface area (Å²) < 4.78 is 17.9. The lowest BCUT2D eigenvalue weighted by molar-refractivity contribution is -0.384. The second-order valence-electron chi connectivity index (χ2n) is 6.17. The van der Waals surface area contributed by atoms with E-state index >= 15 is 0 Å². The van der Waals surface area contributed by atoms with Gasteiger partial charge in [-0.3, -0.25) is 19.7 Å². The van der Waals surface area contributed by atoms with E-state index in [1.165, 1.54) is 19.3 Å². The van der Waals surface area contributed by atoms with Gasteiger partial charge >= 0.3 is 5.97 Å². The SMILES string of the molecule is O=C(COC(=O)CCC1CCCCC1)Nc1ccc(F)cc1[N+](=O)[O-]. The predicted octanol–water partition coefficient (Wildman–Crippen LogP) is 3.58. The number of nitrogens with zero attached hydrogens (tertiary/aromatic N) is 1. The van der Waals surface area contributed by atoms with E-state index in [0.29, 0.717) is 12.0 Å². The number of benzene rings is 1. The highest BCUT2D eigenvalue weighted by Crippen LogP contribution is 2.27. The maximum Gasteiger partial charge on any atom is 0.306 e. The van der Waals surface area contributed by atoms with Gasteiger partial charge in [0, 0.05) is 6.42 Å². The summed E-state index contributed by atoms with van der Waals surface area (Å²) in [5.41, 5.74) is -0.702. The molecule has 0 atom stereocenters. The van der Waals surface area contributed by atoms with Gasteiger partial charge in [-0.05, 0) is 24.5 Å². The van der Waals surface area contributed by atoms with Gasteiger partial charge in [0.15, 0.2) is 6.61 Å². The molecule has 136 valence electrons. The highest BCUT2D eigenvalue weighted by atomic mass is 19.1. The number of rotatable bonds is 7. The zero-order valence-corrected chi connectivity index (χ0v) is 13.8. The number of amides is 1. The van der Waals surface area contributed by atoms with Crippen LogP contribution in [0.3, 0.4) is 0 Å². The van der Waals surface area contributed by atoms with Crippen LogP contribution in [0.5, 0.6) is 0 Å². The number of carbonyl (C=O) groups is 2. The molecule has 8 heteroatoms. The zero-order chi connectivity index (χ0) is 18.2. The quantitative estimate of drug-likeness (QED) is 0.459. The minimum absolute atomic E-state index is 0.144. The van der Waals surface area contributed by atoms with Crippen LogP contribution in [0.25, 0.3) is 0 Å². The van der Waals surface area contributed by atoms with Gasteiger partial charge in [0.05, 0.1) is 11.0 Å². The number of nitro benzene ring substituents is 1. The van der Waals surface area contributed by atoms with E-state index in [2.05, 4.69) is 5.32 Å². The van der Waals surface area contributed by atoms with Crippen LogP contribution in [0.1, 0.15) is 44.9 Å². The lowest BCUT2D eigenvalue weighted by Crippen LogP contribution is -2.21. The second-order valence-corrected chi connectivity index (χ2v) is 6.17. The third-order valence-corrected chi connectivity index (χ3v) is 4.28. The molecule has 1 aliphatic rings. The van der Waals surface area contributed by atoms with Crippen molar-refractivity contribution >= 4 is 23.3 Å². The highest BCUT2D eigenvalue weighted by Gasteiger charge is 2.19. The van der Waals surface area contributed by atoms with Gasteiger partial charge in [0.25, 0.3) is 11.6 Å². The van der Waals surface area contributed by atoms with Crippen LogP contribution in [0.4, 0.5) is 15.8 Å². The number of anilines is 1. The Morgan fingerprint density at radius 3 is 2.68 bits per heavy atom. The van der Waals surface area contributed by atoms with Crippen LogP contribution >= 0.6 is 0 Å². The Morgan fingerprint density at radius 1 is 1.28 bits per heavy atom. The van der Waals surface area contributed by atoms with Crippen molar-refractivity contribution in [1.82, 2.24) is 0 Å². The maximum atomic E-state index is 13.1. The molecule has 0 saturated heterocycles. The van der Waals surface area contributed by atoms with E-state index in [9.17, 15) is 24.1 Å². The fraction of sp³-hybridized carbons (Fsp3) is 0.529. The van der Waals surface area contributed by atoms with Crippen molar-refractivity contribution in [1.29, 1.82) is 0 Å². The molecule has 0 radical (unpaired) electrons. The van der Waals surface area contributed by atoms with Gasteiger partial charge < -0.3 is 10.1 Å². The molecule has 0 aliphatic heterocycles. The van der Waals surface area contributed by atoms with Crippen LogP contribution in [0.2, 0.25) is 0 Å². The van der Waals surface area contributed by atoms with Gasteiger partial charge in [0.2, 0.25) is 0 Å². The van der Waals surface area contributed by atoms with E-state index in [1.807, 2.05) is 0 Å². The molecule has 25 heavy (non-hydrogen) atoms. The average Bonchev–Trinajstić information content (AvgIpc) is 2.60. The van der Waals surface area contributed by atoms with Crippen molar-refractivity contribution in [3.05, 3.63) is 34.1 Å². The summed E-state index contributed by atoms with van der Waals surface area (Å²) >= 11 is 0. The molecule has 1 amide bonds. The number of nitro groups is 1. The number of esters is 1. The number of ether oxygens (including phenoxy) is 1. The molecule has 1 aromatic carbocycles. The van der Waals surface area contributed by atoms with E-state index in [1.54, 1.807) is 0 Å². The van der Waals surface area contributed by atoms with Crippen LogP contribution in [0, 0.1) is 21.8 Å². The topological polar surface area (TPSA) is 98.5 Å². The monoisotopic (exact) mass is 352 g/mol. The van der Waals surface area contributed by atoms with Gasteiger partial charge in [0.1, 0.15) is 11.5 Å². The van der Waals surface area contributed by atoms with Crippen molar-refractivity contribution in [3.8, 4) is 0 Å². The fourth-order valence-electron chi connectivity index (χ4n) is 2.96. The zero-order valence-electron chi connectivity index (χ0n) is 13.8. The molecule has 1 N–H and O–H groups in total. The van der Waals surface area contributed by atoms with E-state index in [-0.39, 0.29) is 12.1 Å². The molecule has 1 saturated carbocycles. The Bertz CT molecular complexity index is 644. The Labute approximate surface area is 144 Å². The number of hydrogen-bond donors (Lipinski definition) is 1. The van der Waals surface area contributed by atoms with Gasteiger partial charge in [-0.1, -0.05) is 32.1 Å². The molecular weight excluding hydrogens is 331 g/mol. The number of nitrogens with one attached hydrogen (secondary N) is 1. The normalized spacial score (nSPS) is 14.8. The predicted molar refractivity (Wildman–Crippen MR) is 88.5 cm³/mol. The lowest BCUT2D eigenvalue weighted by atomic mass is 9.86. The lowest BCUT2D eigenvalue weighted by Gasteiger charge is -2.20. The molecule has 1 aromatic rings. The number of hydrogen-bond acceptors (Lipinski definition) is 5. The van der Waals surface area contributed by atoms with Crippen LogP contribution in [-0.4, -0.2) is 23.4 Å². The van der Waals surface area contributed by atoms with Gasteiger partial charge in [-0.15, -0.1) is 0 Å². The van der Waals surface area contributed by atoms with Crippen molar-refractivity contribution in [3.63, 3.8) is 0 Å². The molecule has 7 nitrogen and oxygen atoms in total. The van der Waals surface area contributed by atoms with E-state index in [4.69, 9.17) is 4.74 Å². The summed E-state index contributed by atoms with van der Waals surface area (Å²) in [5.74, 6) is -1.41. The van der Waals surface area contributed by atoms with E-state index < -0.39 is 34.9 Å². The highest BCUT2D eigenvalue weighted by molar-refractivity contribution is 5.94. The summed E-state index contributed by atoms with van der Waals surface area (Å²) in [6, 6.07) is 2.81. The Hall–Kier alpha value is -2.51. The van der Waals surface area contributed by atoms with Gasteiger partial charge in [-0.2, -0.15) is 0 Å². The standard InChI is InChI=1S/C17H21FN2O5/c18-13-7-8-14(15(10-13)20(23)24)19-16(21)11-25-17(22)9-6-12-4-2-1-3-5-12/h7-8,10,12H,1-6,9,11H2,(H,19,21). The third-order valence-electron chi connectivity index (χ3n) is 4.28. The van der Waals surface area contributed by atoms with Crippen LogP contribution in [-0.2, 0) is 14.3 Å². The summed E-state index contributed by atoms with van der Waals surface area (Å²) in [6.45, 7) is -0.530. The molecule has 2 rings (SSSR count). The van der Waals surface area contributed by atoms with Gasteiger partial charge in [-0.25, -0.2) is 4.39 Å². The number of carbonyl (C=O) groups excluding carboxylic acids is 2. The minimum atomic E-state index is -0.797. The van der Waals surface area contributed by atoms with Crippen LogP contribution in [0.15, 0.2) is 18.2 Å². The van der Waals surface area contributed by atoms with Crippen molar-refractivity contribution in [2.24, 2.45) is 5.92 Å². The minimum Gasteiger partial charge on any atom is -0.456 e. The molecule has 0 bridgehead atoms. The summed E-state index contributed by atoms with van der Waals surface area (Å²) in [6.07, 6.45) is 6.90. The van der Waals surface area contributed by atoms with Crippen molar-refractivity contribution < 1.29 is 23.6 Å². The first-order valence-electron chi connectivity index (χ1n) is 8.35. The van der Waals surface area contributed by atoms with Crippen molar-refractivity contribution in [2.75, 3.05) is 11.9 Å². The second kappa shape index (κ2) is 9.10. The molecule has 0 aromatic heterocycles. The van der Waals surface area contributed by atoms with Crippen molar-refractivity contribution in [2.45, 2.75) is 44.9 Å². The maximum absolute atomic E-state index is 13.1. The molecular formula is C17H21FN2O5. The largest absolute Gasteiger partial charge is 0.456 e. The smallest absolute Gasteiger partial charge is 0.306 e. The number of halogens is 1. The average molecular weight is 352 g/mol. The molecule has 1 aliphatic carbocycles. The third kappa shape index (κ3) is 6.13. The fourth-order valence-corrected chi connectivity index (χ4v) is 2.96.